The van der Waals surface area contributed by atoms with Crippen molar-refractivity contribution in [1.29, 1.82) is 0 Å². The van der Waals surface area contributed by atoms with E-state index < -0.39 is 11.6 Å². The Morgan fingerprint density at radius 3 is 2.24 bits per heavy atom. The maximum Gasteiger partial charge on any atom is 0.243 e. The zero-order chi connectivity index (χ0) is 26.8. The van der Waals surface area contributed by atoms with E-state index in [0.717, 1.165) is 22.6 Å². The summed E-state index contributed by atoms with van der Waals surface area (Å²) >= 11 is 1.57. The molecule has 3 rings (SSSR count). The molecule has 37 heavy (non-hydrogen) atoms. The summed E-state index contributed by atoms with van der Waals surface area (Å²) in [5.74, 6) is 1.51. The smallest absolute Gasteiger partial charge is 0.243 e. The van der Waals surface area contributed by atoms with Crippen LogP contribution >= 0.6 is 11.8 Å². The third-order valence-electron chi connectivity index (χ3n) is 5.87. The third-order valence-corrected chi connectivity index (χ3v) is 6.86. The normalized spacial score (nSPS) is 12.0. The molecule has 0 heterocycles. The molecule has 0 fully saturated rings. The summed E-state index contributed by atoms with van der Waals surface area (Å²) in [6, 6.07) is 25.2. The average molecular weight is 519 g/mol. The van der Waals surface area contributed by atoms with E-state index in [9.17, 15) is 9.59 Å². The molecule has 0 spiro atoms. The standard InChI is InChI=1S/C31H38N2O3S/c1-23-14-16-25(17-15-23)21-37-22-29(34)33(20-26-12-9-13-27(18-26)36-5)28(30(35)32-31(2,3)4)19-24-10-7-6-8-11-24/h6-18,28H,19-22H2,1-5H3,(H,32,35)/t28-/m0/s1. The second-order valence-electron chi connectivity index (χ2n) is 10.3. The summed E-state index contributed by atoms with van der Waals surface area (Å²) in [7, 11) is 1.62. The zero-order valence-electron chi connectivity index (χ0n) is 22.5. The van der Waals surface area contributed by atoms with E-state index in [-0.39, 0.29) is 17.6 Å². The van der Waals surface area contributed by atoms with Gasteiger partial charge in [-0.05, 0) is 56.5 Å². The predicted octanol–water partition coefficient (Wildman–Crippen LogP) is 5.79. The van der Waals surface area contributed by atoms with Gasteiger partial charge >= 0.3 is 0 Å². The number of carbonyl (C=O) groups is 2. The molecule has 6 heteroatoms. The van der Waals surface area contributed by atoms with E-state index in [1.54, 1.807) is 23.8 Å². The highest BCUT2D eigenvalue weighted by atomic mass is 32.2. The summed E-state index contributed by atoms with van der Waals surface area (Å²) in [6.07, 6.45) is 0.432. The van der Waals surface area contributed by atoms with Crippen LogP contribution in [-0.2, 0) is 28.3 Å². The van der Waals surface area contributed by atoms with Gasteiger partial charge in [0.15, 0.2) is 0 Å². The van der Waals surface area contributed by atoms with Gasteiger partial charge in [-0.25, -0.2) is 0 Å². The lowest BCUT2D eigenvalue weighted by molar-refractivity contribution is -0.140. The highest BCUT2D eigenvalue weighted by molar-refractivity contribution is 7.99. The molecule has 0 aliphatic rings. The van der Waals surface area contributed by atoms with Crippen molar-refractivity contribution in [3.63, 3.8) is 0 Å². The number of nitrogens with one attached hydrogen (secondary N) is 1. The summed E-state index contributed by atoms with van der Waals surface area (Å²) in [6.45, 7) is 8.24. The van der Waals surface area contributed by atoms with Crippen LogP contribution in [0.3, 0.4) is 0 Å². The largest absolute Gasteiger partial charge is 0.497 e. The first kappa shape index (κ1) is 28.3. The topological polar surface area (TPSA) is 58.6 Å². The van der Waals surface area contributed by atoms with E-state index in [2.05, 4.69) is 36.5 Å². The molecule has 1 N–H and O–H groups in total. The molecular weight excluding hydrogens is 480 g/mol. The number of benzene rings is 3. The van der Waals surface area contributed by atoms with E-state index in [1.807, 2.05) is 75.4 Å². The lowest BCUT2D eigenvalue weighted by atomic mass is 10.0. The Kier molecular flexibility index (Phi) is 10.2. The van der Waals surface area contributed by atoms with Gasteiger partial charge in [0.1, 0.15) is 11.8 Å². The highest BCUT2D eigenvalue weighted by Crippen LogP contribution is 2.21. The monoisotopic (exact) mass is 518 g/mol. The fourth-order valence-electron chi connectivity index (χ4n) is 4.00. The van der Waals surface area contributed by atoms with Crippen molar-refractivity contribution in [3.8, 4) is 5.75 Å². The van der Waals surface area contributed by atoms with E-state index in [0.29, 0.717) is 13.0 Å². The fourth-order valence-corrected chi connectivity index (χ4v) is 4.87. The highest BCUT2D eigenvalue weighted by Gasteiger charge is 2.32. The van der Waals surface area contributed by atoms with Crippen LogP contribution in [0.25, 0.3) is 0 Å². The molecule has 196 valence electrons. The summed E-state index contributed by atoms with van der Waals surface area (Å²) < 4.78 is 5.40. The number of thioether (sulfide) groups is 1. The van der Waals surface area contributed by atoms with E-state index in [4.69, 9.17) is 4.74 Å². The molecular formula is C31H38N2O3S. The molecule has 0 aliphatic heterocycles. The van der Waals surface area contributed by atoms with E-state index >= 15 is 0 Å². The Labute approximate surface area is 225 Å². The molecule has 0 radical (unpaired) electrons. The maximum atomic E-state index is 13.7. The maximum absolute atomic E-state index is 13.7. The molecule has 3 aromatic rings. The lowest BCUT2D eigenvalue weighted by Gasteiger charge is -2.34. The minimum Gasteiger partial charge on any atom is -0.497 e. The predicted molar refractivity (Wildman–Crippen MR) is 153 cm³/mol. The first-order chi connectivity index (χ1) is 17.6. The third kappa shape index (κ3) is 9.29. The fraction of sp³-hybridized carbons (Fsp3) is 0.355. The van der Waals surface area contributed by atoms with Gasteiger partial charge in [0.25, 0.3) is 0 Å². The summed E-state index contributed by atoms with van der Waals surface area (Å²) in [5, 5.41) is 3.11. The minimum absolute atomic E-state index is 0.0649. The van der Waals surface area contributed by atoms with Gasteiger partial charge in [-0.2, -0.15) is 0 Å². The second-order valence-corrected chi connectivity index (χ2v) is 11.3. The van der Waals surface area contributed by atoms with Gasteiger partial charge in [-0.15, -0.1) is 11.8 Å². The molecule has 5 nitrogen and oxygen atoms in total. The number of aryl methyl sites for hydroxylation is 1. The number of methoxy groups -OCH3 is 1. The van der Waals surface area contributed by atoms with Crippen molar-refractivity contribution in [2.45, 2.75) is 58.0 Å². The minimum atomic E-state index is -0.652. The summed E-state index contributed by atoms with van der Waals surface area (Å²) in [4.78, 5) is 29.1. The molecule has 0 aliphatic carbocycles. The van der Waals surface area contributed by atoms with Gasteiger partial charge in [0.05, 0.1) is 12.9 Å². The SMILES string of the molecule is COc1cccc(CN(C(=O)CSCc2ccc(C)cc2)[C@@H](Cc2ccccc2)C(=O)NC(C)(C)C)c1. The number of nitrogens with zero attached hydrogens (tertiary/aromatic N) is 1. The second kappa shape index (κ2) is 13.3. The van der Waals surface area contributed by atoms with Gasteiger partial charge < -0.3 is 15.0 Å². The Hall–Kier alpha value is -3.25. The Morgan fingerprint density at radius 1 is 0.919 bits per heavy atom. The Bertz CT molecular complexity index is 1160. The van der Waals surface area contributed by atoms with Crippen LogP contribution in [0, 0.1) is 6.92 Å². The molecule has 0 saturated carbocycles. The number of amides is 2. The number of ether oxygens (including phenoxy) is 1. The lowest BCUT2D eigenvalue weighted by Crippen LogP contribution is -2.54. The van der Waals surface area contributed by atoms with Crippen molar-refractivity contribution in [2.24, 2.45) is 0 Å². The van der Waals surface area contributed by atoms with Gasteiger partial charge in [-0.3, -0.25) is 9.59 Å². The van der Waals surface area contributed by atoms with Crippen LogP contribution in [0.1, 0.15) is 43.0 Å². The molecule has 3 aromatic carbocycles. The Balaban J connectivity index is 1.88. The van der Waals surface area contributed by atoms with Crippen LogP contribution in [-0.4, -0.2) is 41.2 Å². The first-order valence-corrected chi connectivity index (χ1v) is 13.7. The number of hydrogen-bond donors (Lipinski definition) is 1. The van der Waals surface area contributed by atoms with Crippen molar-refractivity contribution in [3.05, 3.63) is 101 Å². The molecule has 0 bridgehead atoms. The quantitative estimate of drug-likeness (QED) is 0.349. The molecule has 0 aromatic heterocycles. The van der Waals surface area contributed by atoms with Crippen molar-refractivity contribution in [2.75, 3.05) is 12.9 Å². The van der Waals surface area contributed by atoms with Crippen molar-refractivity contribution >= 4 is 23.6 Å². The Morgan fingerprint density at radius 2 is 1.59 bits per heavy atom. The van der Waals surface area contributed by atoms with Crippen LogP contribution in [0.5, 0.6) is 5.75 Å². The van der Waals surface area contributed by atoms with Gasteiger partial charge in [0.2, 0.25) is 11.8 Å². The van der Waals surface area contributed by atoms with Crippen LogP contribution in [0.2, 0.25) is 0 Å². The van der Waals surface area contributed by atoms with Gasteiger partial charge in [-0.1, -0.05) is 72.3 Å². The van der Waals surface area contributed by atoms with Gasteiger partial charge in [0, 0.05) is 24.3 Å². The zero-order valence-corrected chi connectivity index (χ0v) is 23.3. The molecule has 0 saturated heterocycles. The first-order valence-electron chi connectivity index (χ1n) is 12.6. The number of rotatable bonds is 11. The number of hydrogen-bond acceptors (Lipinski definition) is 4. The van der Waals surface area contributed by atoms with Crippen LogP contribution in [0.15, 0.2) is 78.9 Å². The molecule has 0 unspecified atom stereocenters. The molecule has 2 amide bonds. The van der Waals surface area contributed by atoms with E-state index in [1.165, 1.54) is 11.1 Å². The average Bonchev–Trinajstić information content (AvgIpc) is 2.87. The molecule has 1 atom stereocenters. The number of carbonyl (C=O) groups excluding carboxylic acids is 2. The van der Waals surface area contributed by atoms with Crippen LogP contribution in [0.4, 0.5) is 0 Å². The van der Waals surface area contributed by atoms with Crippen molar-refractivity contribution in [1.82, 2.24) is 10.2 Å². The summed E-state index contributed by atoms with van der Waals surface area (Å²) in [5.41, 5.74) is 3.89. The van der Waals surface area contributed by atoms with Crippen molar-refractivity contribution < 1.29 is 14.3 Å². The van der Waals surface area contributed by atoms with Crippen LogP contribution < -0.4 is 10.1 Å².